The molecule has 0 aliphatic rings. The van der Waals surface area contributed by atoms with E-state index in [1.807, 2.05) is 19.0 Å². The molecule has 6 nitrogen and oxygen atoms in total. The minimum atomic E-state index is -4.80. The van der Waals surface area contributed by atoms with Crippen molar-refractivity contribution in [1.29, 1.82) is 0 Å². The fourth-order valence-corrected chi connectivity index (χ4v) is 3.15. The summed E-state index contributed by atoms with van der Waals surface area (Å²) in [4.78, 5) is 10.9. The highest BCUT2D eigenvalue weighted by Crippen LogP contribution is 2.30. The summed E-state index contributed by atoms with van der Waals surface area (Å²) in [5.74, 6) is -0.177. The monoisotopic (exact) mass is 527 g/mol. The maximum Gasteiger partial charge on any atom is 0.573 e. The zero-order chi connectivity index (χ0) is 24.0. The van der Waals surface area contributed by atoms with Crippen LogP contribution in [0.2, 0.25) is 0 Å². The van der Waals surface area contributed by atoms with E-state index in [-0.39, 0.29) is 11.7 Å². The molecule has 0 spiro atoms. The normalized spacial score (nSPS) is 11.5. The third-order valence-corrected chi connectivity index (χ3v) is 4.99. The van der Waals surface area contributed by atoms with Crippen LogP contribution in [0.25, 0.3) is 11.3 Å². The fraction of sp³-hybridized carbons (Fsp3) is 0.273. The van der Waals surface area contributed by atoms with Gasteiger partial charge in [0.25, 0.3) is 0 Å². The van der Waals surface area contributed by atoms with Crippen molar-refractivity contribution in [2.24, 2.45) is 0 Å². The van der Waals surface area contributed by atoms with Gasteiger partial charge in [-0.25, -0.2) is 9.37 Å². The summed E-state index contributed by atoms with van der Waals surface area (Å²) < 4.78 is 56.1. The minimum Gasteiger partial charge on any atom is -0.406 e. The van der Waals surface area contributed by atoms with Gasteiger partial charge in [-0.05, 0) is 73.3 Å². The van der Waals surface area contributed by atoms with Gasteiger partial charge in [-0.2, -0.15) is 4.98 Å². The van der Waals surface area contributed by atoms with Gasteiger partial charge in [-0.3, -0.25) is 0 Å². The highest BCUT2D eigenvalue weighted by Gasteiger charge is 2.31. The van der Waals surface area contributed by atoms with Crippen molar-refractivity contribution < 1.29 is 22.3 Å². The first-order chi connectivity index (χ1) is 15.6. The van der Waals surface area contributed by atoms with E-state index in [0.29, 0.717) is 33.8 Å². The van der Waals surface area contributed by atoms with E-state index in [1.54, 1.807) is 24.3 Å². The lowest BCUT2D eigenvalue weighted by molar-refractivity contribution is -0.274. The Bertz CT molecular complexity index is 1090. The third kappa shape index (κ3) is 7.86. The number of hydrogen-bond donors (Lipinski definition) is 2. The molecular weight excluding hydrogens is 506 g/mol. The number of anilines is 3. The molecule has 0 radical (unpaired) electrons. The fourth-order valence-electron chi connectivity index (χ4n) is 2.91. The quantitative estimate of drug-likeness (QED) is 0.261. The average molecular weight is 528 g/mol. The number of nitrogens with zero attached hydrogens (tertiary/aromatic N) is 3. The van der Waals surface area contributed by atoms with Gasteiger partial charge in [-0.1, -0.05) is 12.1 Å². The molecule has 0 amide bonds. The Morgan fingerprint density at radius 3 is 2.55 bits per heavy atom. The minimum absolute atomic E-state index is 0.286. The molecule has 1 heterocycles. The Balaban J connectivity index is 1.91. The lowest BCUT2D eigenvalue weighted by Gasteiger charge is -2.14. The smallest absolute Gasteiger partial charge is 0.406 e. The van der Waals surface area contributed by atoms with Crippen LogP contribution in [0.3, 0.4) is 0 Å². The first kappa shape index (κ1) is 24.7. The van der Waals surface area contributed by atoms with Crippen LogP contribution in [-0.4, -0.2) is 48.4 Å². The van der Waals surface area contributed by atoms with Crippen LogP contribution in [-0.2, 0) is 0 Å². The van der Waals surface area contributed by atoms with Crippen molar-refractivity contribution in [2.45, 2.75) is 12.8 Å². The Morgan fingerprint density at radius 1 is 1.06 bits per heavy atom. The Labute approximate surface area is 197 Å². The molecule has 0 unspecified atom stereocenters. The van der Waals surface area contributed by atoms with Crippen LogP contribution in [0, 0.1) is 5.82 Å². The molecule has 0 saturated carbocycles. The summed E-state index contributed by atoms with van der Waals surface area (Å²) in [6.07, 6.45) is -3.97. The number of nitrogens with one attached hydrogen (secondary N) is 2. The van der Waals surface area contributed by atoms with Gasteiger partial charge in [-0.15, -0.1) is 13.2 Å². The molecule has 0 aliphatic heterocycles. The van der Waals surface area contributed by atoms with Gasteiger partial charge in [0.05, 0.1) is 10.2 Å². The van der Waals surface area contributed by atoms with Gasteiger partial charge >= 0.3 is 6.36 Å². The van der Waals surface area contributed by atoms with Crippen LogP contribution in [0.5, 0.6) is 5.75 Å². The van der Waals surface area contributed by atoms with Gasteiger partial charge < -0.3 is 20.3 Å². The molecule has 2 aromatic carbocycles. The molecule has 0 fully saturated rings. The predicted octanol–water partition coefficient (Wildman–Crippen LogP) is 6.05. The number of rotatable bonds is 9. The van der Waals surface area contributed by atoms with Crippen LogP contribution < -0.4 is 15.4 Å². The molecule has 176 valence electrons. The summed E-state index contributed by atoms with van der Waals surface area (Å²) in [6.45, 7) is 1.44. The molecule has 33 heavy (non-hydrogen) atoms. The highest BCUT2D eigenvalue weighted by molar-refractivity contribution is 9.10. The molecule has 0 saturated heterocycles. The Hall–Kier alpha value is -2.92. The van der Waals surface area contributed by atoms with Crippen molar-refractivity contribution in [3.05, 3.63) is 58.8 Å². The lowest BCUT2D eigenvalue weighted by Crippen LogP contribution is -2.17. The topological polar surface area (TPSA) is 62.3 Å². The van der Waals surface area contributed by atoms with Crippen molar-refractivity contribution in [3.63, 3.8) is 0 Å². The van der Waals surface area contributed by atoms with Crippen molar-refractivity contribution in [2.75, 3.05) is 37.8 Å². The number of hydrogen-bond acceptors (Lipinski definition) is 6. The van der Waals surface area contributed by atoms with E-state index in [0.717, 1.165) is 13.0 Å². The van der Waals surface area contributed by atoms with Crippen LogP contribution in [0.4, 0.5) is 35.0 Å². The molecule has 1 aromatic heterocycles. The molecule has 0 atom stereocenters. The van der Waals surface area contributed by atoms with Gasteiger partial charge in [0.1, 0.15) is 17.4 Å². The number of alkyl halides is 3. The second-order valence-corrected chi connectivity index (χ2v) is 8.23. The molecule has 0 aliphatic carbocycles. The molecular formula is C22H22BrF4N5O. The second kappa shape index (κ2) is 10.8. The maximum absolute atomic E-state index is 13.9. The highest BCUT2D eigenvalue weighted by atomic mass is 79.9. The van der Waals surface area contributed by atoms with E-state index in [4.69, 9.17) is 0 Å². The number of ether oxygens (including phenoxy) is 1. The Kier molecular flexibility index (Phi) is 8.09. The van der Waals surface area contributed by atoms with Gasteiger partial charge in [0.15, 0.2) is 0 Å². The van der Waals surface area contributed by atoms with Crippen LogP contribution >= 0.6 is 15.9 Å². The third-order valence-electron chi connectivity index (χ3n) is 4.35. The lowest BCUT2D eigenvalue weighted by atomic mass is 10.1. The molecule has 3 rings (SSSR count). The van der Waals surface area contributed by atoms with E-state index in [1.165, 1.54) is 24.3 Å². The number of benzene rings is 2. The summed E-state index contributed by atoms with van der Waals surface area (Å²) >= 11 is 3.11. The van der Waals surface area contributed by atoms with Gasteiger partial charge in [0.2, 0.25) is 5.95 Å². The second-order valence-electron chi connectivity index (χ2n) is 7.38. The zero-order valence-corrected chi connectivity index (χ0v) is 19.5. The predicted molar refractivity (Wildman–Crippen MR) is 123 cm³/mol. The largest absolute Gasteiger partial charge is 0.573 e. The molecule has 2 N–H and O–H groups in total. The maximum atomic E-state index is 13.9. The van der Waals surface area contributed by atoms with Crippen molar-refractivity contribution in [1.82, 2.24) is 14.9 Å². The first-order valence-corrected chi connectivity index (χ1v) is 10.7. The van der Waals surface area contributed by atoms with E-state index in [2.05, 4.69) is 41.3 Å². The van der Waals surface area contributed by atoms with E-state index >= 15 is 0 Å². The van der Waals surface area contributed by atoms with Crippen molar-refractivity contribution in [3.8, 4) is 17.0 Å². The zero-order valence-electron chi connectivity index (χ0n) is 17.9. The summed E-state index contributed by atoms with van der Waals surface area (Å²) in [5, 5.41) is 6.14. The Morgan fingerprint density at radius 2 is 1.85 bits per heavy atom. The standard InChI is InChI=1S/C22H22BrF4N5O/c1-32(2)10-4-9-28-21-30-19(14-5-3-6-16(11-14)33-22(25,26)27)13-20(31-21)29-15-7-8-17(23)18(24)12-15/h3,5-8,11-13H,4,9-10H2,1-2H3,(H2,28,29,30,31). The van der Waals surface area contributed by atoms with E-state index in [9.17, 15) is 17.6 Å². The SMILES string of the molecule is CN(C)CCCNc1nc(Nc2ccc(Br)c(F)c2)cc(-c2cccc(OC(F)(F)F)c2)n1. The summed E-state index contributed by atoms with van der Waals surface area (Å²) in [7, 11) is 3.93. The van der Waals surface area contributed by atoms with Gasteiger partial charge in [0, 0.05) is 23.9 Å². The number of aromatic nitrogens is 2. The van der Waals surface area contributed by atoms with Crippen LogP contribution in [0.1, 0.15) is 6.42 Å². The number of halogens is 5. The molecule has 0 bridgehead atoms. The van der Waals surface area contributed by atoms with Crippen molar-refractivity contribution >= 4 is 33.4 Å². The molecule has 11 heteroatoms. The summed E-state index contributed by atoms with van der Waals surface area (Å²) in [5.41, 5.74) is 1.22. The first-order valence-electron chi connectivity index (χ1n) is 9.95. The molecule has 3 aromatic rings. The van der Waals surface area contributed by atoms with E-state index < -0.39 is 12.2 Å². The van der Waals surface area contributed by atoms with Crippen LogP contribution in [0.15, 0.2) is 53.0 Å². The summed E-state index contributed by atoms with van der Waals surface area (Å²) in [6, 6.07) is 11.6. The average Bonchev–Trinajstić information content (AvgIpc) is 2.73.